The number of benzene rings is 2. The molecule has 32 heavy (non-hydrogen) atoms. The summed E-state index contributed by atoms with van der Waals surface area (Å²) in [5.41, 5.74) is 0.0985. The number of aliphatic hydroxyl groups excluding tert-OH is 1. The van der Waals surface area contributed by atoms with E-state index in [1.165, 1.54) is 10.4 Å². The first-order valence-corrected chi connectivity index (χ1v) is 12.2. The average Bonchev–Trinajstić information content (AvgIpc) is 3.13. The van der Waals surface area contributed by atoms with Crippen LogP contribution < -0.4 is 10.1 Å². The molecule has 0 bridgehead atoms. The van der Waals surface area contributed by atoms with E-state index < -0.39 is 27.8 Å². The Balaban J connectivity index is 1.80. The van der Waals surface area contributed by atoms with E-state index in [4.69, 9.17) is 20.9 Å². The zero-order chi connectivity index (χ0) is 23.3. The molecule has 172 valence electrons. The molecule has 3 aromatic rings. The molecule has 2 heterocycles. The molecule has 1 aliphatic rings. The number of fused-ring (bicyclic) bond motifs is 2. The van der Waals surface area contributed by atoms with Gasteiger partial charge in [-0.25, -0.2) is 8.42 Å². The predicted octanol–water partition coefficient (Wildman–Crippen LogP) is 4.20. The monoisotopic (exact) mass is 479 g/mol. The SMILES string of the molecule is CCN(CC)S(=O)(=O)c1ccc2c(c1)[C@@H](Nc1noc3cc(Cl)ccc13)[C@H](O)C(C)(C)O2. The van der Waals surface area contributed by atoms with E-state index in [2.05, 4.69) is 10.5 Å². The van der Waals surface area contributed by atoms with Crippen molar-refractivity contribution in [3.8, 4) is 5.75 Å². The van der Waals surface area contributed by atoms with Gasteiger partial charge in [0.2, 0.25) is 10.0 Å². The maximum absolute atomic E-state index is 13.1. The van der Waals surface area contributed by atoms with Crippen LogP contribution in [0.2, 0.25) is 5.02 Å². The number of nitrogens with one attached hydrogen (secondary N) is 1. The minimum absolute atomic E-state index is 0.138. The Labute approximate surface area is 192 Å². The Morgan fingerprint density at radius 3 is 2.59 bits per heavy atom. The second-order valence-corrected chi connectivity index (χ2v) is 10.6. The molecule has 2 N–H and O–H groups in total. The summed E-state index contributed by atoms with van der Waals surface area (Å²) < 4.78 is 38.9. The molecule has 0 amide bonds. The second-order valence-electron chi connectivity index (χ2n) is 8.23. The van der Waals surface area contributed by atoms with Crippen LogP contribution in [0.5, 0.6) is 5.75 Å². The van der Waals surface area contributed by atoms with Gasteiger partial charge in [0.05, 0.1) is 16.3 Å². The summed E-state index contributed by atoms with van der Waals surface area (Å²) in [6.07, 6.45) is -1.000. The van der Waals surface area contributed by atoms with Crippen LogP contribution in [0.4, 0.5) is 5.82 Å². The van der Waals surface area contributed by atoms with Crippen LogP contribution >= 0.6 is 11.6 Å². The van der Waals surface area contributed by atoms with Crippen molar-refractivity contribution < 1.29 is 22.8 Å². The fourth-order valence-electron chi connectivity index (χ4n) is 3.97. The molecule has 0 aliphatic carbocycles. The van der Waals surface area contributed by atoms with Crippen molar-refractivity contribution in [2.24, 2.45) is 0 Å². The van der Waals surface area contributed by atoms with E-state index in [0.29, 0.717) is 46.2 Å². The van der Waals surface area contributed by atoms with E-state index in [-0.39, 0.29) is 4.90 Å². The predicted molar refractivity (Wildman–Crippen MR) is 123 cm³/mol. The van der Waals surface area contributed by atoms with Gasteiger partial charge in [0, 0.05) is 29.7 Å². The lowest BCUT2D eigenvalue weighted by Gasteiger charge is -2.42. The van der Waals surface area contributed by atoms with E-state index in [1.807, 2.05) is 0 Å². The summed E-state index contributed by atoms with van der Waals surface area (Å²) in [4.78, 5) is 0.138. The Kier molecular flexibility index (Phi) is 5.87. The Hall–Kier alpha value is -2.33. The van der Waals surface area contributed by atoms with Crippen LogP contribution in [0.1, 0.15) is 39.3 Å². The Morgan fingerprint density at radius 1 is 1.19 bits per heavy atom. The maximum Gasteiger partial charge on any atom is 0.243 e. The first kappa shape index (κ1) is 22.8. The number of ether oxygens (including phenoxy) is 1. The number of aromatic nitrogens is 1. The molecule has 0 saturated heterocycles. The zero-order valence-electron chi connectivity index (χ0n) is 18.3. The topological polar surface area (TPSA) is 105 Å². The molecule has 2 aromatic carbocycles. The van der Waals surface area contributed by atoms with Gasteiger partial charge >= 0.3 is 0 Å². The highest BCUT2D eigenvalue weighted by Crippen LogP contribution is 2.43. The van der Waals surface area contributed by atoms with Crippen LogP contribution in [-0.2, 0) is 10.0 Å². The molecule has 4 rings (SSSR count). The van der Waals surface area contributed by atoms with Crippen LogP contribution in [0, 0.1) is 0 Å². The normalized spacial score (nSPS) is 20.2. The van der Waals surface area contributed by atoms with Crippen LogP contribution in [-0.4, -0.2) is 47.8 Å². The lowest BCUT2D eigenvalue weighted by atomic mass is 9.86. The molecular formula is C22H26ClN3O5S. The number of nitrogens with zero attached hydrogens (tertiary/aromatic N) is 2. The highest BCUT2D eigenvalue weighted by Gasteiger charge is 2.44. The highest BCUT2D eigenvalue weighted by atomic mass is 35.5. The average molecular weight is 480 g/mol. The van der Waals surface area contributed by atoms with Crippen molar-refractivity contribution in [3.05, 3.63) is 47.0 Å². The minimum atomic E-state index is -3.69. The molecule has 10 heteroatoms. The van der Waals surface area contributed by atoms with Crippen molar-refractivity contribution in [3.63, 3.8) is 0 Å². The molecule has 0 radical (unpaired) electrons. The quantitative estimate of drug-likeness (QED) is 0.546. The van der Waals surface area contributed by atoms with Crippen molar-refractivity contribution in [2.75, 3.05) is 18.4 Å². The number of sulfonamides is 1. The molecule has 0 saturated carbocycles. The van der Waals surface area contributed by atoms with Gasteiger partial charge in [-0.2, -0.15) is 4.31 Å². The molecule has 1 aromatic heterocycles. The number of rotatable bonds is 6. The minimum Gasteiger partial charge on any atom is -0.485 e. The summed E-state index contributed by atoms with van der Waals surface area (Å²) in [6, 6.07) is 9.18. The molecule has 2 atom stereocenters. The van der Waals surface area contributed by atoms with Crippen LogP contribution in [0.3, 0.4) is 0 Å². The molecular weight excluding hydrogens is 454 g/mol. The molecule has 0 spiro atoms. The van der Waals surface area contributed by atoms with E-state index in [9.17, 15) is 13.5 Å². The zero-order valence-corrected chi connectivity index (χ0v) is 19.9. The number of hydrogen-bond acceptors (Lipinski definition) is 7. The van der Waals surface area contributed by atoms with E-state index in [1.54, 1.807) is 58.0 Å². The van der Waals surface area contributed by atoms with Gasteiger partial charge < -0.3 is 19.7 Å². The Morgan fingerprint density at radius 2 is 1.91 bits per heavy atom. The third-order valence-electron chi connectivity index (χ3n) is 5.79. The third kappa shape index (κ3) is 3.83. The van der Waals surface area contributed by atoms with Gasteiger partial charge in [-0.05, 0) is 44.2 Å². The van der Waals surface area contributed by atoms with Crippen molar-refractivity contribution in [2.45, 2.75) is 50.3 Å². The number of halogens is 1. The fourth-order valence-corrected chi connectivity index (χ4v) is 5.63. The number of hydrogen-bond donors (Lipinski definition) is 2. The molecule has 0 fully saturated rings. The Bertz CT molecular complexity index is 1250. The smallest absolute Gasteiger partial charge is 0.243 e. The van der Waals surface area contributed by atoms with Crippen molar-refractivity contribution >= 4 is 38.4 Å². The first-order chi connectivity index (χ1) is 15.1. The number of anilines is 1. The summed E-state index contributed by atoms with van der Waals surface area (Å²) in [5.74, 6) is 0.911. The lowest BCUT2D eigenvalue weighted by molar-refractivity contribution is -0.0534. The van der Waals surface area contributed by atoms with Gasteiger partial charge in [-0.1, -0.05) is 30.6 Å². The fraction of sp³-hybridized carbons (Fsp3) is 0.409. The van der Waals surface area contributed by atoms with Gasteiger partial charge in [-0.3, -0.25) is 0 Å². The number of aliphatic hydroxyl groups is 1. The molecule has 1 aliphatic heterocycles. The second kappa shape index (κ2) is 8.22. The van der Waals surface area contributed by atoms with Gasteiger partial charge in [-0.15, -0.1) is 0 Å². The molecule has 0 unspecified atom stereocenters. The maximum atomic E-state index is 13.1. The lowest BCUT2D eigenvalue weighted by Crippen LogP contribution is -2.50. The summed E-state index contributed by atoms with van der Waals surface area (Å²) in [5, 5.41) is 19.7. The van der Waals surface area contributed by atoms with Crippen molar-refractivity contribution in [1.82, 2.24) is 9.46 Å². The standard InChI is InChI=1S/C22H26ClN3O5S/c1-5-26(6-2)32(28,29)14-8-10-17-16(12-14)19(20(27)22(3,4)30-17)24-21-15-9-7-13(23)11-18(15)31-25-21/h7-12,19-20,27H,5-6H2,1-4H3,(H,24,25)/t19-,20+/m1/s1. The van der Waals surface area contributed by atoms with Gasteiger partial charge in [0.25, 0.3) is 0 Å². The van der Waals surface area contributed by atoms with Gasteiger partial charge in [0.1, 0.15) is 17.5 Å². The van der Waals surface area contributed by atoms with Crippen LogP contribution in [0.15, 0.2) is 45.8 Å². The summed E-state index contributed by atoms with van der Waals surface area (Å²) in [7, 11) is -3.69. The molecule has 8 nitrogen and oxygen atoms in total. The van der Waals surface area contributed by atoms with E-state index in [0.717, 1.165) is 0 Å². The first-order valence-electron chi connectivity index (χ1n) is 10.4. The van der Waals surface area contributed by atoms with Crippen LogP contribution in [0.25, 0.3) is 11.0 Å². The van der Waals surface area contributed by atoms with E-state index >= 15 is 0 Å². The highest BCUT2D eigenvalue weighted by molar-refractivity contribution is 7.89. The van der Waals surface area contributed by atoms with Gasteiger partial charge in [0.15, 0.2) is 11.4 Å². The third-order valence-corrected chi connectivity index (χ3v) is 8.07. The van der Waals surface area contributed by atoms with Crippen molar-refractivity contribution in [1.29, 1.82) is 0 Å². The summed E-state index contributed by atoms with van der Waals surface area (Å²) in [6.45, 7) is 7.85. The summed E-state index contributed by atoms with van der Waals surface area (Å²) >= 11 is 6.03. The largest absolute Gasteiger partial charge is 0.485 e.